The van der Waals surface area contributed by atoms with Crippen LogP contribution in [0.5, 0.6) is 0 Å². The van der Waals surface area contributed by atoms with Crippen molar-refractivity contribution in [3.05, 3.63) is 0 Å². The number of Topliss-reactive ketones (excluding diaryl/α,β-unsaturated/α-hetero) is 2. The van der Waals surface area contributed by atoms with Gasteiger partial charge in [-0.15, -0.1) is 0 Å². The third-order valence-electron chi connectivity index (χ3n) is 7.27. The van der Waals surface area contributed by atoms with E-state index in [9.17, 15) is 19.2 Å². The van der Waals surface area contributed by atoms with Crippen LogP contribution in [0.3, 0.4) is 0 Å². The van der Waals surface area contributed by atoms with Crippen LogP contribution < -0.4 is 10.6 Å². The molecule has 1 aliphatic carbocycles. The van der Waals surface area contributed by atoms with Gasteiger partial charge in [-0.25, -0.2) is 0 Å². The van der Waals surface area contributed by atoms with E-state index in [1.54, 1.807) is 4.90 Å². The number of amides is 2. The molecule has 0 aromatic rings. The molecule has 2 N–H and O–H groups in total. The number of nitrogens with zero attached hydrogens (tertiary/aromatic N) is 1. The van der Waals surface area contributed by atoms with Gasteiger partial charge in [-0.3, -0.25) is 19.2 Å². The normalized spacial score (nSPS) is 20.9. The van der Waals surface area contributed by atoms with Crippen LogP contribution in [0.25, 0.3) is 0 Å². The lowest BCUT2D eigenvalue weighted by atomic mass is 9.88. The highest BCUT2D eigenvalue weighted by atomic mass is 16.2. The maximum Gasteiger partial charge on any atom is 0.237 e. The summed E-state index contributed by atoms with van der Waals surface area (Å²) in [6, 6.07) is -0.745. The zero-order valence-electron chi connectivity index (χ0n) is 22.2. The lowest BCUT2D eigenvalue weighted by molar-refractivity contribution is -0.139. The van der Waals surface area contributed by atoms with E-state index in [-0.39, 0.29) is 53.7 Å². The molecule has 2 aliphatic rings. The Hall–Kier alpha value is -1.76. The Morgan fingerprint density at radius 2 is 1.76 bits per heavy atom. The van der Waals surface area contributed by atoms with Gasteiger partial charge in [-0.2, -0.15) is 0 Å². The molecular weight excluding hydrogens is 430 g/mol. The Labute approximate surface area is 206 Å². The molecule has 1 saturated heterocycles. The van der Waals surface area contributed by atoms with Gasteiger partial charge in [0.1, 0.15) is 0 Å². The molecule has 34 heavy (non-hydrogen) atoms. The predicted molar refractivity (Wildman–Crippen MR) is 134 cm³/mol. The Bertz CT molecular complexity index is 729. The van der Waals surface area contributed by atoms with Crippen molar-refractivity contribution in [3.63, 3.8) is 0 Å². The van der Waals surface area contributed by atoms with Gasteiger partial charge in [-0.05, 0) is 44.4 Å². The molecule has 0 unspecified atom stereocenters. The number of carbonyl (C=O) groups excluding carboxylic acids is 4. The second-order valence-corrected chi connectivity index (χ2v) is 11.4. The fourth-order valence-electron chi connectivity index (χ4n) is 4.80. The number of nitrogens with one attached hydrogen (secondary N) is 2. The molecule has 2 amide bonds. The molecule has 7 heteroatoms. The highest BCUT2D eigenvalue weighted by molar-refractivity contribution is 5.97. The minimum Gasteiger partial charge on any atom is -0.346 e. The zero-order valence-corrected chi connectivity index (χ0v) is 22.2. The van der Waals surface area contributed by atoms with E-state index in [2.05, 4.69) is 31.4 Å². The van der Waals surface area contributed by atoms with Crippen molar-refractivity contribution in [2.24, 2.45) is 17.3 Å². The molecule has 3 atom stereocenters. The Morgan fingerprint density at radius 1 is 1.09 bits per heavy atom. The summed E-state index contributed by atoms with van der Waals surface area (Å²) in [5.74, 6) is -0.340. The summed E-state index contributed by atoms with van der Waals surface area (Å²) >= 11 is 0. The van der Waals surface area contributed by atoms with Crippen molar-refractivity contribution in [1.29, 1.82) is 0 Å². The quantitative estimate of drug-likeness (QED) is 0.375. The summed E-state index contributed by atoms with van der Waals surface area (Å²) in [5.41, 5.74) is -0.309. The van der Waals surface area contributed by atoms with E-state index < -0.39 is 18.0 Å². The van der Waals surface area contributed by atoms with Crippen molar-refractivity contribution in [2.45, 2.75) is 117 Å². The average molecular weight is 478 g/mol. The van der Waals surface area contributed by atoms with Crippen molar-refractivity contribution in [3.8, 4) is 0 Å². The van der Waals surface area contributed by atoms with Crippen molar-refractivity contribution in [1.82, 2.24) is 15.5 Å². The molecule has 1 aliphatic heterocycles. The topological polar surface area (TPSA) is 95.6 Å². The molecule has 0 radical (unpaired) electrons. The molecular formula is C27H47N3O4. The smallest absolute Gasteiger partial charge is 0.237 e. The van der Waals surface area contributed by atoms with Crippen LogP contribution in [-0.4, -0.2) is 59.5 Å². The Balaban J connectivity index is 2.06. The second kappa shape index (κ2) is 12.8. The first-order chi connectivity index (χ1) is 16.0. The summed E-state index contributed by atoms with van der Waals surface area (Å²) in [6.45, 7) is 12.9. The Kier molecular flexibility index (Phi) is 10.7. The van der Waals surface area contributed by atoms with Crippen LogP contribution in [0.1, 0.15) is 99.3 Å². The summed E-state index contributed by atoms with van der Waals surface area (Å²) in [4.78, 5) is 54.0. The third kappa shape index (κ3) is 8.17. The van der Waals surface area contributed by atoms with Gasteiger partial charge in [0.15, 0.2) is 11.6 Å². The molecule has 2 fully saturated rings. The van der Waals surface area contributed by atoms with E-state index in [4.69, 9.17) is 0 Å². The Morgan fingerprint density at radius 3 is 2.32 bits per heavy atom. The van der Waals surface area contributed by atoms with Gasteiger partial charge in [0.05, 0.1) is 18.6 Å². The highest BCUT2D eigenvalue weighted by Crippen LogP contribution is 2.47. The number of hydrogen-bond donors (Lipinski definition) is 2. The van der Waals surface area contributed by atoms with Crippen LogP contribution in [0.15, 0.2) is 0 Å². The summed E-state index contributed by atoms with van der Waals surface area (Å²) in [7, 11) is 0. The number of ketones is 2. The van der Waals surface area contributed by atoms with E-state index in [1.807, 2.05) is 20.8 Å². The largest absolute Gasteiger partial charge is 0.346 e. The molecule has 0 spiro atoms. The van der Waals surface area contributed by atoms with Crippen LogP contribution >= 0.6 is 0 Å². The third-order valence-corrected chi connectivity index (χ3v) is 7.27. The lowest BCUT2D eigenvalue weighted by Gasteiger charge is -2.27. The van der Waals surface area contributed by atoms with Crippen molar-refractivity contribution in [2.75, 3.05) is 13.1 Å². The molecule has 0 aromatic carbocycles. The standard InChI is InChI=1S/C27H47N3O4/c1-7-8-10-20(26(34)29-21(15-18(2)3)25(33)27(6)12-13-27)16-23(31)22-11-9-14-30(22)24(32)17-28-19(4)5/h18-22,28H,7-17H2,1-6H3,(H,29,34)/t20-,21+,22+/m1/s1. The van der Waals surface area contributed by atoms with Crippen LogP contribution in [-0.2, 0) is 19.2 Å². The van der Waals surface area contributed by atoms with Crippen LogP contribution in [0.4, 0.5) is 0 Å². The first-order valence-electron chi connectivity index (χ1n) is 13.4. The second-order valence-electron chi connectivity index (χ2n) is 11.4. The van der Waals surface area contributed by atoms with Gasteiger partial charge in [0, 0.05) is 30.3 Å². The van der Waals surface area contributed by atoms with Gasteiger partial charge in [0.2, 0.25) is 11.8 Å². The van der Waals surface area contributed by atoms with E-state index in [1.165, 1.54) is 0 Å². The highest BCUT2D eigenvalue weighted by Gasteiger charge is 2.48. The van der Waals surface area contributed by atoms with E-state index in [0.29, 0.717) is 25.8 Å². The first kappa shape index (κ1) is 28.5. The molecule has 2 rings (SSSR count). The number of carbonyl (C=O) groups is 4. The van der Waals surface area contributed by atoms with Gasteiger partial charge in [-0.1, -0.05) is 54.4 Å². The molecule has 0 bridgehead atoms. The number of hydrogen-bond acceptors (Lipinski definition) is 5. The number of rotatable bonds is 15. The fraction of sp³-hybridized carbons (Fsp3) is 0.852. The monoisotopic (exact) mass is 477 g/mol. The van der Waals surface area contributed by atoms with Crippen LogP contribution in [0, 0.1) is 17.3 Å². The maximum atomic E-state index is 13.3. The van der Waals surface area contributed by atoms with Gasteiger partial charge in [0.25, 0.3) is 0 Å². The number of unbranched alkanes of at least 4 members (excludes halogenated alkanes) is 1. The maximum absolute atomic E-state index is 13.3. The fourth-order valence-corrected chi connectivity index (χ4v) is 4.80. The molecule has 7 nitrogen and oxygen atoms in total. The van der Waals surface area contributed by atoms with E-state index >= 15 is 0 Å². The predicted octanol–water partition coefficient (Wildman–Crippen LogP) is 3.64. The average Bonchev–Trinajstić information content (AvgIpc) is 3.32. The van der Waals surface area contributed by atoms with Crippen LogP contribution in [0.2, 0.25) is 0 Å². The van der Waals surface area contributed by atoms with Gasteiger partial charge >= 0.3 is 0 Å². The zero-order chi connectivity index (χ0) is 25.5. The molecule has 194 valence electrons. The minimum atomic E-state index is -0.495. The van der Waals surface area contributed by atoms with E-state index in [0.717, 1.165) is 32.1 Å². The molecule has 0 aromatic heterocycles. The number of likely N-dealkylation sites (tertiary alicyclic amines) is 1. The summed E-state index contributed by atoms with van der Waals surface area (Å²) in [6.07, 6.45) is 6.34. The lowest BCUT2D eigenvalue weighted by Crippen LogP contribution is -2.48. The summed E-state index contributed by atoms with van der Waals surface area (Å²) < 4.78 is 0. The minimum absolute atomic E-state index is 0.0347. The molecule has 1 heterocycles. The SMILES string of the molecule is CCCC[C@H](CC(=O)[C@@H]1CCCN1C(=O)CNC(C)C)C(=O)N[C@@H](CC(C)C)C(=O)C1(C)CC1. The summed E-state index contributed by atoms with van der Waals surface area (Å²) in [5, 5.41) is 6.17. The van der Waals surface area contributed by atoms with Crippen molar-refractivity contribution >= 4 is 23.4 Å². The first-order valence-corrected chi connectivity index (χ1v) is 13.4. The molecule has 1 saturated carbocycles. The van der Waals surface area contributed by atoms with Gasteiger partial charge < -0.3 is 15.5 Å². The van der Waals surface area contributed by atoms with Crippen molar-refractivity contribution < 1.29 is 19.2 Å².